The van der Waals surface area contributed by atoms with Crippen molar-refractivity contribution in [1.82, 2.24) is 0 Å². The molecular weight excluding hydrogens is 276 g/mol. The second-order valence-corrected chi connectivity index (χ2v) is 8.05. The van der Waals surface area contributed by atoms with Crippen LogP contribution in [-0.2, 0) is 14.4 Å². The van der Waals surface area contributed by atoms with E-state index in [4.69, 9.17) is 0 Å². The molecule has 5 atom stereocenters. The number of allylic oxidation sites excluding steroid dienone is 4. The average Bonchev–Trinajstić information content (AvgIpc) is 2.76. The molecule has 116 valence electrons. The number of Topliss-reactive ketones (excluding diaryl/α,β-unsaturated/α-hetero) is 1. The van der Waals surface area contributed by atoms with E-state index in [1.54, 1.807) is 12.2 Å². The Kier molecular flexibility index (Phi) is 2.74. The summed E-state index contributed by atoms with van der Waals surface area (Å²) in [5, 5.41) is 0. The van der Waals surface area contributed by atoms with Crippen molar-refractivity contribution in [2.45, 2.75) is 46.0 Å². The van der Waals surface area contributed by atoms with Gasteiger partial charge in [0.15, 0.2) is 11.6 Å². The van der Waals surface area contributed by atoms with Gasteiger partial charge < -0.3 is 0 Å². The Morgan fingerprint density at radius 2 is 1.73 bits per heavy atom. The molecule has 0 aromatic rings. The molecule has 0 unspecified atom stereocenters. The number of carbonyl (C=O) groups excluding carboxylic acids is 3. The van der Waals surface area contributed by atoms with E-state index in [9.17, 15) is 14.4 Å². The van der Waals surface area contributed by atoms with Crippen LogP contribution in [0.3, 0.4) is 0 Å². The molecule has 22 heavy (non-hydrogen) atoms. The fraction of sp³-hybridized carbons (Fsp3) is 0.632. The highest BCUT2D eigenvalue weighted by Crippen LogP contribution is 2.62. The van der Waals surface area contributed by atoms with Crippen LogP contribution in [0.25, 0.3) is 0 Å². The van der Waals surface area contributed by atoms with Gasteiger partial charge in [-0.3, -0.25) is 14.4 Å². The Balaban J connectivity index is 1.82. The molecule has 4 aliphatic carbocycles. The van der Waals surface area contributed by atoms with Gasteiger partial charge >= 0.3 is 0 Å². The maximum atomic E-state index is 12.8. The summed E-state index contributed by atoms with van der Waals surface area (Å²) in [4.78, 5) is 37.1. The molecule has 4 aliphatic rings. The first-order valence-corrected chi connectivity index (χ1v) is 8.36. The van der Waals surface area contributed by atoms with Crippen LogP contribution in [0, 0.1) is 28.6 Å². The highest BCUT2D eigenvalue weighted by molar-refractivity contribution is 5.99. The normalized spacial score (nSPS) is 46.9. The molecule has 0 spiro atoms. The Bertz CT molecular complexity index is 656. The van der Waals surface area contributed by atoms with E-state index in [1.807, 2.05) is 6.08 Å². The Morgan fingerprint density at radius 3 is 2.50 bits per heavy atom. The van der Waals surface area contributed by atoms with Gasteiger partial charge in [0.05, 0.1) is 0 Å². The molecule has 0 N–H and O–H groups in total. The van der Waals surface area contributed by atoms with Crippen molar-refractivity contribution < 1.29 is 14.4 Å². The molecule has 3 heteroatoms. The van der Waals surface area contributed by atoms with Crippen molar-refractivity contribution in [3.63, 3.8) is 0 Å². The fourth-order valence-corrected chi connectivity index (χ4v) is 5.73. The smallest absolute Gasteiger partial charge is 0.159 e. The lowest BCUT2D eigenvalue weighted by atomic mass is 9.48. The predicted molar refractivity (Wildman–Crippen MR) is 82.0 cm³/mol. The molecular formula is C19H22O3. The van der Waals surface area contributed by atoms with Gasteiger partial charge in [0.25, 0.3) is 0 Å². The number of carbonyl (C=O) groups is 3. The molecule has 0 amide bonds. The Morgan fingerprint density at radius 1 is 1.00 bits per heavy atom. The molecule has 0 heterocycles. The van der Waals surface area contributed by atoms with Crippen LogP contribution in [0.4, 0.5) is 0 Å². The molecule has 0 aromatic heterocycles. The second kappa shape index (κ2) is 4.27. The highest BCUT2D eigenvalue weighted by Gasteiger charge is 2.60. The van der Waals surface area contributed by atoms with Gasteiger partial charge in [-0.2, -0.15) is 0 Å². The van der Waals surface area contributed by atoms with Crippen LogP contribution in [-0.4, -0.2) is 17.3 Å². The van der Waals surface area contributed by atoms with Crippen LogP contribution in [0.15, 0.2) is 23.8 Å². The molecule has 0 aromatic carbocycles. The fourth-order valence-electron chi connectivity index (χ4n) is 5.73. The second-order valence-electron chi connectivity index (χ2n) is 8.05. The predicted octanol–water partition coefficient (Wildman–Crippen LogP) is 3.04. The zero-order chi connectivity index (χ0) is 15.7. The maximum Gasteiger partial charge on any atom is 0.159 e. The van der Waals surface area contributed by atoms with Gasteiger partial charge in [-0.1, -0.05) is 19.9 Å². The number of fused-ring (bicyclic) bond motifs is 5. The van der Waals surface area contributed by atoms with Crippen molar-refractivity contribution in [2.75, 3.05) is 0 Å². The van der Waals surface area contributed by atoms with E-state index < -0.39 is 0 Å². The molecule has 0 saturated heterocycles. The quantitative estimate of drug-likeness (QED) is 0.690. The third kappa shape index (κ3) is 1.60. The summed E-state index contributed by atoms with van der Waals surface area (Å²) in [6, 6.07) is 0. The minimum absolute atomic E-state index is 0.0711. The summed E-state index contributed by atoms with van der Waals surface area (Å²) in [6.45, 7) is 4.20. The van der Waals surface area contributed by atoms with Crippen molar-refractivity contribution in [2.24, 2.45) is 28.6 Å². The summed E-state index contributed by atoms with van der Waals surface area (Å²) in [5.74, 6) is 0.979. The summed E-state index contributed by atoms with van der Waals surface area (Å²) >= 11 is 0. The topological polar surface area (TPSA) is 51.2 Å². The Labute approximate surface area is 130 Å². The highest BCUT2D eigenvalue weighted by atomic mass is 16.1. The molecule has 0 aliphatic heterocycles. The van der Waals surface area contributed by atoms with Gasteiger partial charge in [-0.15, -0.1) is 0 Å². The summed E-state index contributed by atoms with van der Waals surface area (Å²) in [6.07, 6.45) is 8.91. The van der Waals surface area contributed by atoms with Gasteiger partial charge in [-0.25, -0.2) is 0 Å². The van der Waals surface area contributed by atoms with Crippen LogP contribution in [0.1, 0.15) is 46.0 Å². The standard InChI is InChI=1S/C19H22O3/c1-18-8-7-14-17(13(18)5-6-16(18)22)15(21)9-11-3-4-12(20)10-19(11,14)2/h3-4,9,13-14,17H,5-8,10H2,1-2H3/t13-,14-,17-,18-,19-/m0/s1. The van der Waals surface area contributed by atoms with Crippen LogP contribution < -0.4 is 0 Å². The van der Waals surface area contributed by atoms with Crippen LogP contribution in [0.5, 0.6) is 0 Å². The summed E-state index contributed by atoms with van der Waals surface area (Å²) < 4.78 is 0. The van der Waals surface area contributed by atoms with Crippen molar-refractivity contribution in [1.29, 1.82) is 0 Å². The summed E-state index contributed by atoms with van der Waals surface area (Å²) in [5.41, 5.74) is 0.482. The number of hydrogen-bond acceptors (Lipinski definition) is 3. The average molecular weight is 298 g/mol. The van der Waals surface area contributed by atoms with Gasteiger partial charge in [-0.05, 0) is 48.8 Å². The van der Waals surface area contributed by atoms with E-state index in [2.05, 4.69) is 13.8 Å². The maximum absolute atomic E-state index is 12.8. The van der Waals surface area contributed by atoms with E-state index >= 15 is 0 Å². The van der Waals surface area contributed by atoms with Gasteiger partial charge in [0.1, 0.15) is 5.78 Å². The van der Waals surface area contributed by atoms with Gasteiger partial charge in [0.2, 0.25) is 0 Å². The molecule has 4 rings (SSSR count). The summed E-state index contributed by atoms with van der Waals surface area (Å²) in [7, 11) is 0. The third-order valence-corrected chi connectivity index (χ3v) is 7.07. The lowest BCUT2D eigenvalue weighted by Gasteiger charge is -2.54. The monoisotopic (exact) mass is 298 g/mol. The molecule has 3 nitrogen and oxygen atoms in total. The van der Waals surface area contributed by atoms with Crippen LogP contribution in [0.2, 0.25) is 0 Å². The van der Waals surface area contributed by atoms with E-state index in [1.165, 1.54) is 0 Å². The first-order chi connectivity index (χ1) is 10.4. The minimum Gasteiger partial charge on any atom is -0.299 e. The van der Waals surface area contributed by atoms with Crippen LogP contribution >= 0.6 is 0 Å². The molecule has 2 fully saturated rings. The van der Waals surface area contributed by atoms with Gasteiger partial charge in [0, 0.05) is 29.6 Å². The Hall–Kier alpha value is -1.51. The zero-order valence-corrected chi connectivity index (χ0v) is 13.2. The largest absolute Gasteiger partial charge is 0.299 e. The first kappa shape index (κ1) is 14.1. The molecule has 0 bridgehead atoms. The minimum atomic E-state index is -0.312. The first-order valence-electron chi connectivity index (χ1n) is 8.36. The van der Waals surface area contributed by atoms with Crippen molar-refractivity contribution in [3.05, 3.63) is 23.8 Å². The number of hydrogen-bond donors (Lipinski definition) is 0. The number of ketones is 3. The lowest BCUT2D eigenvalue weighted by Crippen LogP contribution is -2.52. The van der Waals surface area contributed by atoms with E-state index in [0.29, 0.717) is 18.6 Å². The SMILES string of the molecule is C[C@]12CC(=O)C=CC1=CC(=O)[C@@H]1[C@@H]2CC[C@]2(C)C(=O)CC[C@@H]12. The third-order valence-electron chi connectivity index (χ3n) is 7.07. The van der Waals surface area contributed by atoms with Crippen molar-refractivity contribution in [3.8, 4) is 0 Å². The van der Waals surface area contributed by atoms with E-state index in [0.717, 1.165) is 24.8 Å². The molecule has 0 radical (unpaired) electrons. The number of rotatable bonds is 0. The zero-order valence-electron chi connectivity index (χ0n) is 13.2. The lowest BCUT2D eigenvalue weighted by molar-refractivity contribution is -0.140. The van der Waals surface area contributed by atoms with E-state index in [-0.39, 0.29) is 40.2 Å². The van der Waals surface area contributed by atoms with Crippen molar-refractivity contribution >= 4 is 17.3 Å². The molecule has 2 saturated carbocycles.